The number of benzene rings is 1. The molecule has 0 bridgehead atoms. The molecule has 2 amide bonds. The summed E-state index contributed by atoms with van der Waals surface area (Å²) in [4.78, 5) is 24.8. The molecule has 7 heteroatoms. The SMILES string of the molecule is CC1C(=O)NC(C)(C)C(=O)N1c1c(F)cc(F)cc1F. The summed E-state index contributed by atoms with van der Waals surface area (Å²) in [5, 5.41) is 2.46. The normalized spacial score (nSPS) is 21.9. The fourth-order valence-corrected chi connectivity index (χ4v) is 2.12. The molecular weight excluding hydrogens is 273 g/mol. The zero-order chi connectivity index (χ0) is 15.2. The van der Waals surface area contributed by atoms with Gasteiger partial charge in [0.1, 0.15) is 23.1 Å². The lowest BCUT2D eigenvalue weighted by atomic mass is 9.96. The topological polar surface area (TPSA) is 49.4 Å². The Balaban J connectivity index is 2.60. The summed E-state index contributed by atoms with van der Waals surface area (Å²) in [5.74, 6) is -4.77. The average molecular weight is 286 g/mol. The van der Waals surface area contributed by atoms with Gasteiger partial charge >= 0.3 is 0 Å². The van der Waals surface area contributed by atoms with Gasteiger partial charge in [-0.1, -0.05) is 0 Å². The molecule has 0 aliphatic carbocycles. The summed E-state index contributed by atoms with van der Waals surface area (Å²) < 4.78 is 40.6. The standard InChI is InChI=1S/C13H13F3N2O2/c1-6-11(19)17-13(2,3)12(20)18(6)10-8(15)4-7(14)5-9(10)16/h4-6H,1-3H3,(H,17,19). The molecule has 1 atom stereocenters. The number of rotatable bonds is 1. The van der Waals surface area contributed by atoms with Gasteiger partial charge in [0.25, 0.3) is 5.91 Å². The summed E-state index contributed by atoms with van der Waals surface area (Å²) in [7, 11) is 0. The number of carbonyl (C=O) groups excluding carboxylic acids is 2. The van der Waals surface area contributed by atoms with Gasteiger partial charge in [-0.3, -0.25) is 14.5 Å². The number of nitrogens with zero attached hydrogens (tertiary/aromatic N) is 1. The van der Waals surface area contributed by atoms with Crippen LogP contribution in [0.25, 0.3) is 0 Å². The van der Waals surface area contributed by atoms with Crippen LogP contribution in [0, 0.1) is 17.5 Å². The Morgan fingerprint density at radius 2 is 1.65 bits per heavy atom. The number of anilines is 1. The largest absolute Gasteiger partial charge is 0.340 e. The van der Waals surface area contributed by atoms with Gasteiger partial charge in [0, 0.05) is 12.1 Å². The van der Waals surface area contributed by atoms with Crippen LogP contribution < -0.4 is 10.2 Å². The van der Waals surface area contributed by atoms with Crippen molar-refractivity contribution in [3.05, 3.63) is 29.6 Å². The van der Waals surface area contributed by atoms with Crippen molar-refractivity contribution in [2.75, 3.05) is 4.90 Å². The van der Waals surface area contributed by atoms with Gasteiger partial charge in [-0.05, 0) is 20.8 Å². The number of piperazine rings is 1. The first-order valence-corrected chi connectivity index (χ1v) is 5.95. The molecule has 108 valence electrons. The van der Waals surface area contributed by atoms with Gasteiger partial charge in [0.05, 0.1) is 0 Å². The van der Waals surface area contributed by atoms with Crippen LogP contribution in [0.1, 0.15) is 20.8 Å². The van der Waals surface area contributed by atoms with Gasteiger partial charge in [-0.2, -0.15) is 0 Å². The van der Waals surface area contributed by atoms with Crippen molar-refractivity contribution in [3.63, 3.8) is 0 Å². The smallest absolute Gasteiger partial charge is 0.253 e. The molecule has 2 rings (SSSR count). The molecule has 0 saturated carbocycles. The molecule has 1 unspecified atom stereocenters. The third-order valence-corrected chi connectivity index (χ3v) is 3.18. The second kappa shape index (κ2) is 4.50. The first-order chi connectivity index (χ1) is 9.15. The van der Waals surface area contributed by atoms with Gasteiger partial charge in [-0.25, -0.2) is 13.2 Å². The fourth-order valence-electron chi connectivity index (χ4n) is 2.12. The molecule has 1 saturated heterocycles. The maximum absolute atomic E-state index is 13.8. The minimum absolute atomic E-state index is 0.470. The summed E-state index contributed by atoms with van der Waals surface area (Å²) in [6.07, 6.45) is 0. The number of amides is 2. The maximum Gasteiger partial charge on any atom is 0.253 e. The van der Waals surface area contributed by atoms with Crippen LogP contribution in [0.15, 0.2) is 12.1 Å². The van der Waals surface area contributed by atoms with E-state index in [4.69, 9.17) is 0 Å². The van der Waals surface area contributed by atoms with Crippen LogP contribution in [0.2, 0.25) is 0 Å². The van der Waals surface area contributed by atoms with Gasteiger partial charge in [0.15, 0.2) is 11.6 Å². The molecule has 1 aromatic rings. The van der Waals surface area contributed by atoms with E-state index in [1.165, 1.54) is 20.8 Å². The Morgan fingerprint density at radius 1 is 1.15 bits per heavy atom. The second-order valence-electron chi connectivity index (χ2n) is 5.18. The lowest BCUT2D eigenvalue weighted by molar-refractivity contribution is -0.136. The van der Waals surface area contributed by atoms with Crippen molar-refractivity contribution in [1.82, 2.24) is 5.32 Å². The van der Waals surface area contributed by atoms with Crippen LogP contribution in [-0.4, -0.2) is 23.4 Å². The summed E-state index contributed by atoms with van der Waals surface area (Å²) in [5.41, 5.74) is -2.01. The zero-order valence-electron chi connectivity index (χ0n) is 11.1. The monoisotopic (exact) mass is 286 g/mol. The Labute approximate surface area is 113 Å². The average Bonchev–Trinajstić information content (AvgIpc) is 2.29. The molecule has 1 heterocycles. The Hall–Kier alpha value is -2.05. The second-order valence-corrected chi connectivity index (χ2v) is 5.18. The van der Waals surface area contributed by atoms with E-state index in [0.29, 0.717) is 12.1 Å². The molecule has 1 aromatic carbocycles. The van der Waals surface area contributed by atoms with Gasteiger partial charge in [0.2, 0.25) is 5.91 Å². The third-order valence-electron chi connectivity index (χ3n) is 3.18. The molecular formula is C13H13F3N2O2. The van der Waals surface area contributed by atoms with Crippen LogP contribution in [0.3, 0.4) is 0 Å². The molecule has 0 spiro atoms. The molecule has 0 radical (unpaired) electrons. The number of carbonyl (C=O) groups is 2. The highest BCUT2D eigenvalue weighted by Gasteiger charge is 2.45. The van der Waals surface area contributed by atoms with Crippen LogP contribution in [-0.2, 0) is 9.59 Å². The number of halogens is 3. The van der Waals surface area contributed by atoms with Crippen molar-refractivity contribution in [3.8, 4) is 0 Å². The van der Waals surface area contributed by atoms with E-state index >= 15 is 0 Å². The van der Waals surface area contributed by atoms with E-state index < -0.39 is 46.5 Å². The van der Waals surface area contributed by atoms with E-state index in [1.807, 2.05) is 0 Å². The third kappa shape index (κ3) is 2.13. The Morgan fingerprint density at radius 3 is 2.15 bits per heavy atom. The van der Waals surface area contributed by atoms with E-state index in [1.54, 1.807) is 0 Å². The first kappa shape index (κ1) is 14.4. The van der Waals surface area contributed by atoms with E-state index in [-0.39, 0.29) is 0 Å². The van der Waals surface area contributed by atoms with E-state index in [9.17, 15) is 22.8 Å². The predicted octanol–water partition coefficient (Wildman–Crippen LogP) is 1.73. The molecule has 1 aliphatic heterocycles. The van der Waals surface area contributed by atoms with Crippen molar-refractivity contribution in [2.45, 2.75) is 32.4 Å². The van der Waals surface area contributed by atoms with Crippen LogP contribution in [0.4, 0.5) is 18.9 Å². The molecule has 1 aliphatic rings. The molecule has 4 nitrogen and oxygen atoms in total. The Bertz CT molecular complexity index is 578. The number of hydrogen-bond donors (Lipinski definition) is 1. The van der Waals surface area contributed by atoms with Crippen molar-refractivity contribution >= 4 is 17.5 Å². The minimum Gasteiger partial charge on any atom is -0.340 e. The summed E-state index contributed by atoms with van der Waals surface area (Å²) >= 11 is 0. The predicted molar refractivity (Wildman–Crippen MR) is 65.5 cm³/mol. The molecule has 1 fully saturated rings. The first-order valence-electron chi connectivity index (χ1n) is 5.95. The van der Waals surface area contributed by atoms with Crippen molar-refractivity contribution in [1.29, 1.82) is 0 Å². The maximum atomic E-state index is 13.8. The highest BCUT2D eigenvalue weighted by atomic mass is 19.1. The summed E-state index contributed by atoms with van der Waals surface area (Å²) in [6, 6.07) is -0.152. The van der Waals surface area contributed by atoms with E-state index in [2.05, 4.69) is 5.32 Å². The molecule has 20 heavy (non-hydrogen) atoms. The molecule has 1 N–H and O–H groups in total. The van der Waals surface area contributed by atoms with E-state index in [0.717, 1.165) is 4.90 Å². The number of hydrogen-bond acceptors (Lipinski definition) is 2. The summed E-state index contributed by atoms with van der Waals surface area (Å²) in [6.45, 7) is 4.18. The minimum atomic E-state index is -1.29. The van der Waals surface area contributed by atoms with Crippen LogP contribution in [0.5, 0.6) is 0 Å². The zero-order valence-corrected chi connectivity index (χ0v) is 11.1. The highest BCUT2D eigenvalue weighted by Crippen LogP contribution is 2.30. The lowest BCUT2D eigenvalue weighted by Gasteiger charge is -2.41. The lowest BCUT2D eigenvalue weighted by Crippen LogP contribution is -2.68. The highest BCUT2D eigenvalue weighted by molar-refractivity contribution is 6.10. The van der Waals surface area contributed by atoms with Gasteiger partial charge < -0.3 is 5.32 Å². The van der Waals surface area contributed by atoms with Crippen molar-refractivity contribution in [2.24, 2.45) is 0 Å². The Kier molecular flexibility index (Phi) is 3.23. The number of nitrogens with one attached hydrogen (secondary N) is 1. The molecule has 0 aromatic heterocycles. The van der Waals surface area contributed by atoms with Crippen molar-refractivity contribution < 1.29 is 22.8 Å². The van der Waals surface area contributed by atoms with Gasteiger partial charge in [-0.15, -0.1) is 0 Å². The van der Waals surface area contributed by atoms with Crippen LogP contribution >= 0.6 is 0 Å². The quantitative estimate of drug-likeness (QED) is 0.855. The fraction of sp³-hybridized carbons (Fsp3) is 0.385.